The molecular weight excluding hydrogens is 218 g/mol. The zero-order valence-electron chi connectivity index (χ0n) is 9.66. The Morgan fingerprint density at radius 2 is 2.12 bits per heavy atom. The molecular formula is C13H16NO3+. The lowest BCUT2D eigenvalue weighted by molar-refractivity contribution is -0.135. The third-order valence-corrected chi connectivity index (χ3v) is 2.35. The smallest absolute Gasteiger partial charge is 0.425 e. The fourth-order valence-electron chi connectivity index (χ4n) is 1.55. The minimum Gasteiger partial charge on any atom is -0.588 e. The van der Waals surface area contributed by atoms with Crippen LogP contribution in [0, 0.1) is 5.41 Å². The molecule has 4 N–H and O–H groups in total. The van der Waals surface area contributed by atoms with E-state index in [0.717, 1.165) is 24.5 Å². The van der Waals surface area contributed by atoms with Crippen molar-refractivity contribution in [3.63, 3.8) is 0 Å². The molecule has 1 rings (SSSR count). The standard InChI is InChI=1S/C13H15NO3/c1-2-5-9-6-3-4-7-10(9)11(14)8-12(15)13(16)17/h3-4,6-8,14-15H,2,5H2,1H3,(H,16,17)/p+1/b12-8-,14-11?. The van der Waals surface area contributed by atoms with E-state index in [0.29, 0.717) is 5.56 Å². The molecule has 0 spiro atoms. The van der Waals surface area contributed by atoms with Gasteiger partial charge in [-0.15, -0.1) is 0 Å². The first-order chi connectivity index (χ1) is 8.06. The molecule has 90 valence electrons. The summed E-state index contributed by atoms with van der Waals surface area (Å²) in [5.41, 5.74) is 1.77. The van der Waals surface area contributed by atoms with Crippen LogP contribution >= 0.6 is 0 Å². The molecule has 0 atom stereocenters. The number of aliphatic carboxylic acids is 1. The zero-order chi connectivity index (χ0) is 12.8. The number of carbonyl (C=O) groups is 1. The summed E-state index contributed by atoms with van der Waals surface area (Å²) in [5, 5.41) is 23.6. The van der Waals surface area contributed by atoms with Crippen LogP contribution in [-0.2, 0) is 11.2 Å². The topological polar surface area (TPSA) is 84.0 Å². The summed E-state index contributed by atoms with van der Waals surface area (Å²) in [6.45, 7) is 2.05. The van der Waals surface area contributed by atoms with Crippen molar-refractivity contribution in [2.24, 2.45) is 0 Å². The molecule has 1 aromatic carbocycles. The van der Waals surface area contributed by atoms with E-state index in [9.17, 15) is 4.79 Å². The molecule has 0 unspecified atom stereocenters. The maximum atomic E-state index is 10.5. The molecule has 1 aromatic rings. The van der Waals surface area contributed by atoms with Gasteiger partial charge in [-0.3, -0.25) is 5.41 Å². The third-order valence-electron chi connectivity index (χ3n) is 2.35. The average molecular weight is 234 g/mol. The summed E-state index contributed by atoms with van der Waals surface area (Å²) in [4.78, 5) is 10.5. The van der Waals surface area contributed by atoms with Gasteiger partial charge in [-0.25, -0.2) is 4.79 Å². The summed E-state index contributed by atoms with van der Waals surface area (Å²) in [7, 11) is 0. The van der Waals surface area contributed by atoms with Crippen molar-refractivity contribution in [3.05, 3.63) is 47.2 Å². The SMILES string of the molecule is CCCc1ccccc1C(=N)/C=C(\[OH2+])C(=O)O. The number of allylic oxidation sites excluding steroid dienone is 1. The van der Waals surface area contributed by atoms with Crippen LogP contribution in [0.2, 0.25) is 0 Å². The van der Waals surface area contributed by atoms with Crippen molar-refractivity contribution in [1.82, 2.24) is 0 Å². The monoisotopic (exact) mass is 234 g/mol. The van der Waals surface area contributed by atoms with Crippen molar-refractivity contribution in [3.8, 4) is 0 Å². The number of carboxylic acid groups (broad SMARTS) is 1. The molecule has 0 bridgehead atoms. The first-order valence-electron chi connectivity index (χ1n) is 5.39. The fourth-order valence-corrected chi connectivity index (χ4v) is 1.55. The summed E-state index contributed by atoms with van der Waals surface area (Å²) in [6, 6.07) is 7.40. The third kappa shape index (κ3) is 3.45. The molecule has 0 saturated carbocycles. The number of benzene rings is 1. The molecule has 4 heteroatoms. The average Bonchev–Trinajstić information content (AvgIpc) is 2.29. The minimum atomic E-state index is -1.32. The molecule has 4 nitrogen and oxygen atoms in total. The van der Waals surface area contributed by atoms with Crippen LogP contribution in [0.1, 0.15) is 24.5 Å². The second-order valence-electron chi connectivity index (χ2n) is 3.68. The molecule has 17 heavy (non-hydrogen) atoms. The van der Waals surface area contributed by atoms with E-state index in [1.54, 1.807) is 12.1 Å². The Hall–Kier alpha value is -2.10. The number of hydrogen-bond acceptors (Lipinski definition) is 2. The maximum absolute atomic E-state index is 10.5. The summed E-state index contributed by atoms with van der Waals surface area (Å²) in [5.74, 6) is -1.89. The Bertz CT molecular complexity index is 463. The highest BCUT2D eigenvalue weighted by Crippen LogP contribution is 2.13. The van der Waals surface area contributed by atoms with Crippen molar-refractivity contribution in [2.45, 2.75) is 19.8 Å². The van der Waals surface area contributed by atoms with E-state index >= 15 is 0 Å². The van der Waals surface area contributed by atoms with Crippen molar-refractivity contribution < 1.29 is 15.0 Å². The number of nitrogens with one attached hydrogen (secondary N) is 1. The Morgan fingerprint density at radius 1 is 1.47 bits per heavy atom. The van der Waals surface area contributed by atoms with Gasteiger partial charge in [0.05, 0.1) is 11.8 Å². The van der Waals surface area contributed by atoms with E-state index < -0.39 is 11.7 Å². The van der Waals surface area contributed by atoms with E-state index in [1.165, 1.54) is 0 Å². The minimum absolute atomic E-state index is 0.0708. The van der Waals surface area contributed by atoms with Gasteiger partial charge in [-0.05, 0) is 12.0 Å². The van der Waals surface area contributed by atoms with Crippen LogP contribution in [0.5, 0.6) is 0 Å². The van der Waals surface area contributed by atoms with Gasteiger partial charge in [0.15, 0.2) is 0 Å². The van der Waals surface area contributed by atoms with Crippen molar-refractivity contribution in [2.75, 3.05) is 0 Å². The molecule has 0 fully saturated rings. The van der Waals surface area contributed by atoms with E-state index in [1.807, 2.05) is 19.1 Å². The van der Waals surface area contributed by atoms with Crippen LogP contribution in [0.15, 0.2) is 36.1 Å². The van der Waals surface area contributed by atoms with Gasteiger partial charge in [0, 0.05) is 5.56 Å². The highest BCUT2D eigenvalue weighted by molar-refractivity contribution is 6.10. The largest absolute Gasteiger partial charge is 0.588 e. The van der Waals surface area contributed by atoms with Crippen molar-refractivity contribution in [1.29, 1.82) is 5.41 Å². The van der Waals surface area contributed by atoms with Gasteiger partial charge in [0.2, 0.25) is 0 Å². The lowest BCUT2D eigenvalue weighted by atomic mass is 9.99. The second-order valence-corrected chi connectivity index (χ2v) is 3.68. The lowest BCUT2D eigenvalue weighted by Crippen LogP contribution is -2.06. The molecule has 0 aliphatic carbocycles. The van der Waals surface area contributed by atoms with E-state index in [2.05, 4.69) is 0 Å². The summed E-state index contributed by atoms with van der Waals surface area (Å²) >= 11 is 0. The van der Waals surface area contributed by atoms with Gasteiger partial charge in [0.1, 0.15) is 0 Å². The van der Waals surface area contributed by atoms with Crippen LogP contribution in [0.25, 0.3) is 0 Å². The Morgan fingerprint density at radius 3 is 2.71 bits per heavy atom. The molecule has 0 heterocycles. The normalized spacial score (nSPS) is 11.2. The fraction of sp³-hybridized carbons (Fsp3) is 0.231. The van der Waals surface area contributed by atoms with Crippen molar-refractivity contribution >= 4 is 11.7 Å². The highest BCUT2D eigenvalue weighted by Gasteiger charge is 2.13. The van der Waals surface area contributed by atoms with Gasteiger partial charge in [-0.1, -0.05) is 37.6 Å². The molecule has 0 saturated heterocycles. The number of aryl methyl sites for hydroxylation is 1. The Balaban J connectivity index is 3.04. The first kappa shape index (κ1) is 13.0. The predicted molar refractivity (Wildman–Crippen MR) is 66.6 cm³/mol. The van der Waals surface area contributed by atoms with Crippen LogP contribution in [0.4, 0.5) is 0 Å². The van der Waals surface area contributed by atoms with Gasteiger partial charge >= 0.3 is 11.7 Å². The zero-order valence-corrected chi connectivity index (χ0v) is 9.66. The highest BCUT2D eigenvalue weighted by atomic mass is 16.4. The van der Waals surface area contributed by atoms with Gasteiger partial charge in [0.25, 0.3) is 0 Å². The Labute approximate surface area is 99.7 Å². The van der Waals surface area contributed by atoms with Crippen LogP contribution in [0.3, 0.4) is 0 Å². The molecule has 0 aromatic heterocycles. The molecule has 0 amide bonds. The molecule has 0 aliphatic heterocycles. The van der Waals surface area contributed by atoms with Gasteiger partial charge < -0.3 is 10.2 Å². The molecule has 0 aliphatic rings. The van der Waals surface area contributed by atoms with Crippen LogP contribution in [-0.4, -0.2) is 21.9 Å². The number of hydrogen-bond donors (Lipinski definition) is 2. The lowest BCUT2D eigenvalue weighted by Gasteiger charge is -2.06. The Kier molecular flexibility index (Phi) is 4.46. The second kappa shape index (κ2) is 5.84. The predicted octanol–water partition coefficient (Wildman–Crippen LogP) is 1.70. The summed E-state index contributed by atoms with van der Waals surface area (Å²) < 4.78 is 0. The van der Waals surface area contributed by atoms with E-state index in [4.69, 9.17) is 15.6 Å². The van der Waals surface area contributed by atoms with Crippen LogP contribution < -0.4 is 0 Å². The summed E-state index contributed by atoms with van der Waals surface area (Å²) in [6.07, 6.45) is 2.87. The first-order valence-corrected chi connectivity index (χ1v) is 5.39. The van der Waals surface area contributed by atoms with E-state index in [-0.39, 0.29) is 5.71 Å². The number of rotatable bonds is 5. The molecule has 0 radical (unpaired) electrons. The number of carboxylic acids is 1. The van der Waals surface area contributed by atoms with Gasteiger partial charge in [-0.2, -0.15) is 0 Å². The maximum Gasteiger partial charge on any atom is 0.425 e. The quantitative estimate of drug-likeness (QED) is 0.352.